The number of carbonyl (C=O) groups is 2. The van der Waals surface area contributed by atoms with Crippen LogP contribution in [0.25, 0.3) is 0 Å². The summed E-state index contributed by atoms with van der Waals surface area (Å²) in [5.74, 6) is 0.0721. The van der Waals surface area contributed by atoms with Gasteiger partial charge in [-0.3, -0.25) is 9.59 Å². The number of anilines is 1. The van der Waals surface area contributed by atoms with E-state index in [2.05, 4.69) is 20.8 Å². The summed E-state index contributed by atoms with van der Waals surface area (Å²) in [6, 6.07) is 13.8. The molecule has 1 atom stereocenters. The zero-order valence-electron chi connectivity index (χ0n) is 16.5. The molecule has 27 heavy (non-hydrogen) atoms. The van der Waals surface area contributed by atoms with Crippen molar-refractivity contribution in [1.29, 1.82) is 0 Å². The van der Waals surface area contributed by atoms with Gasteiger partial charge in [0.25, 0.3) is 0 Å². The Bertz CT molecular complexity index is 856. The first-order chi connectivity index (χ1) is 12.9. The van der Waals surface area contributed by atoms with Crippen molar-refractivity contribution in [2.45, 2.75) is 46.5 Å². The number of esters is 1. The van der Waals surface area contributed by atoms with E-state index in [4.69, 9.17) is 4.74 Å². The minimum atomic E-state index is -0.442. The lowest BCUT2D eigenvalue weighted by molar-refractivity contribution is -0.139. The lowest BCUT2D eigenvalue weighted by Crippen LogP contribution is -2.28. The van der Waals surface area contributed by atoms with E-state index in [-0.39, 0.29) is 24.2 Å². The summed E-state index contributed by atoms with van der Waals surface area (Å²) < 4.78 is 5.74. The van der Waals surface area contributed by atoms with Crippen molar-refractivity contribution in [1.82, 2.24) is 0 Å². The van der Waals surface area contributed by atoms with Gasteiger partial charge in [-0.1, -0.05) is 51.1 Å². The fourth-order valence-electron chi connectivity index (χ4n) is 3.57. The van der Waals surface area contributed by atoms with Crippen molar-refractivity contribution >= 4 is 17.6 Å². The number of amides is 1. The van der Waals surface area contributed by atoms with Crippen LogP contribution >= 0.6 is 0 Å². The van der Waals surface area contributed by atoms with Gasteiger partial charge < -0.3 is 9.64 Å². The average molecular weight is 365 g/mol. The van der Waals surface area contributed by atoms with Gasteiger partial charge in [-0.15, -0.1) is 0 Å². The topological polar surface area (TPSA) is 46.6 Å². The highest BCUT2D eigenvalue weighted by molar-refractivity contribution is 6.00. The molecule has 3 rings (SSSR count). The molecule has 2 aromatic carbocycles. The van der Waals surface area contributed by atoms with Crippen LogP contribution in [0.2, 0.25) is 0 Å². The average Bonchev–Trinajstić information content (AvgIpc) is 3.03. The highest BCUT2D eigenvalue weighted by atomic mass is 16.5. The number of hydrogen-bond acceptors (Lipinski definition) is 3. The van der Waals surface area contributed by atoms with Gasteiger partial charge >= 0.3 is 5.97 Å². The van der Waals surface area contributed by atoms with Gasteiger partial charge in [0.1, 0.15) is 5.75 Å². The first-order valence-electron chi connectivity index (χ1n) is 9.61. The predicted molar refractivity (Wildman–Crippen MR) is 107 cm³/mol. The normalized spacial score (nSPS) is 16.9. The number of rotatable bonds is 5. The van der Waals surface area contributed by atoms with Gasteiger partial charge in [0.2, 0.25) is 5.91 Å². The zero-order valence-corrected chi connectivity index (χ0v) is 16.5. The minimum absolute atomic E-state index is 0.0221. The Morgan fingerprint density at radius 2 is 1.96 bits per heavy atom. The van der Waals surface area contributed by atoms with E-state index in [0.29, 0.717) is 12.3 Å². The maximum Gasteiger partial charge on any atom is 0.316 e. The molecule has 1 aliphatic rings. The molecule has 0 bridgehead atoms. The van der Waals surface area contributed by atoms with Crippen LogP contribution in [0.1, 0.15) is 49.8 Å². The Labute approximate surface area is 161 Å². The zero-order chi connectivity index (χ0) is 19.6. The van der Waals surface area contributed by atoms with Crippen LogP contribution < -0.4 is 9.64 Å². The standard InChI is InChI=1S/C23H27NO3/c1-5-17-8-6-7-9-20(17)24-14-18(13-22(24)25)23(26)27-21-12-16(4)10-11-19(21)15(2)3/h6-12,15,18H,5,13-14H2,1-4H3/t18-/m0/s1. The van der Waals surface area contributed by atoms with E-state index in [1.165, 1.54) is 0 Å². The molecule has 1 saturated heterocycles. The number of nitrogens with zero attached hydrogens (tertiary/aromatic N) is 1. The Kier molecular flexibility index (Phi) is 5.64. The number of ether oxygens (including phenoxy) is 1. The smallest absolute Gasteiger partial charge is 0.316 e. The summed E-state index contributed by atoms with van der Waals surface area (Å²) in [7, 11) is 0. The highest BCUT2D eigenvalue weighted by Gasteiger charge is 2.37. The van der Waals surface area contributed by atoms with Gasteiger partial charge in [-0.2, -0.15) is 0 Å². The molecule has 1 fully saturated rings. The van der Waals surface area contributed by atoms with Crippen molar-refractivity contribution in [3.8, 4) is 5.75 Å². The maximum atomic E-state index is 12.8. The third-order valence-electron chi connectivity index (χ3n) is 5.12. The number of para-hydroxylation sites is 1. The van der Waals surface area contributed by atoms with Crippen molar-refractivity contribution in [3.05, 3.63) is 59.2 Å². The molecule has 1 heterocycles. The molecule has 1 aliphatic heterocycles. The molecule has 2 aromatic rings. The second-order valence-corrected chi connectivity index (χ2v) is 7.50. The van der Waals surface area contributed by atoms with Crippen molar-refractivity contribution < 1.29 is 14.3 Å². The molecule has 1 amide bonds. The van der Waals surface area contributed by atoms with Crippen LogP contribution in [0, 0.1) is 12.8 Å². The Balaban J connectivity index is 1.78. The molecule has 0 radical (unpaired) electrons. The molecular formula is C23H27NO3. The van der Waals surface area contributed by atoms with E-state index in [9.17, 15) is 9.59 Å². The van der Waals surface area contributed by atoms with Crippen LogP contribution in [0.15, 0.2) is 42.5 Å². The lowest BCUT2D eigenvalue weighted by atomic mass is 10.0. The van der Waals surface area contributed by atoms with Crippen LogP contribution in [0.5, 0.6) is 5.75 Å². The van der Waals surface area contributed by atoms with Crippen molar-refractivity contribution in [2.24, 2.45) is 5.92 Å². The monoisotopic (exact) mass is 365 g/mol. The fourth-order valence-corrected chi connectivity index (χ4v) is 3.57. The van der Waals surface area contributed by atoms with Crippen molar-refractivity contribution in [3.63, 3.8) is 0 Å². The van der Waals surface area contributed by atoms with Gasteiger partial charge in [0.15, 0.2) is 0 Å². The van der Waals surface area contributed by atoms with Gasteiger partial charge in [-0.25, -0.2) is 0 Å². The van der Waals surface area contributed by atoms with Gasteiger partial charge in [-0.05, 0) is 48.1 Å². The molecule has 0 unspecified atom stereocenters. The summed E-state index contributed by atoms with van der Waals surface area (Å²) in [6.45, 7) is 8.56. The van der Waals surface area contributed by atoms with Crippen LogP contribution in [-0.4, -0.2) is 18.4 Å². The van der Waals surface area contributed by atoms with E-state index in [0.717, 1.165) is 28.8 Å². The first-order valence-corrected chi connectivity index (χ1v) is 9.61. The quantitative estimate of drug-likeness (QED) is 0.573. The minimum Gasteiger partial charge on any atom is -0.426 e. The summed E-state index contributed by atoms with van der Waals surface area (Å²) >= 11 is 0. The Hall–Kier alpha value is -2.62. The molecule has 0 spiro atoms. The predicted octanol–water partition coefficient (Wildman–Crippen LogP) is 4.64. The third kappa shape index (κ3) is 4.05. The van der Waals surface area contributed by atoms with E-state index in [1.54, 1.807) is 4.90 Å². The third-order valence-corrected chi connectivity index (χ3v) is 5.12. The fraction of sp³-hybridized carbons (Fsp3) is 0.391. The molecule has 142 valence electrons. The number of carbonyl (C=O) groups excluding carboxylic acids is 2. The Morgan fingerprint density at radius 1 is 1.22 bits per heavy atom. The maximum absolute atomic E-state index is 12.8. The highest BCUT2D eigenvalue weighted by Crippen LogP contribution is 2.32. The largest absolute Gasteiger partial charge is 0.426 e. The lowest BCUT2D eigenvalue weighted by Gasteiger charge is -2.20. The second kappa shape index (κ2) is 7.95. The SMILES string of the molecule is CCc1ccccc1N1C[C@@H](C(=O)Oc2cc(C)ccc2C(C)C)CC1=O. The van der Waals surface area contributed by atoms with E-state index in [1.807, 2.05) is 49.4 Å². The number of benzene rings is 2. The van der Waals surface area contributed by atoms with Crippen LogP contribution in [0.4, 0.5) is 5.69 Å². The molecular weight excluding hydrogens is 338 g/mol. The molecule has 0 aromatic heterocycles. The molecule has 0 N–H and O–H groups in total. The van der Waals surface area contributed by atoms with Crippen molar-refractivity contribution in [2.75, 3.05) is 11.4 Å². The molecule has 4 nitrogen and oxygen atoms in total. The summed E-state index contributed by atoms with van der Waals surface area (Å²) in [5.41, 5.74) is 4.06. The summed E-state index contributed by atoms with van der Waals surface area (Å²) in [4.78, 5) is 27.1. The van der Waals surface area contributed by atoms with E-state index < -0.39 is 5.92 Å². The summed E-state index contributed by atoms with van der Waals surface area (Å²) in [5, 5.41) is 0. The Morgan fingerprint density at radius 3 is 2.67 bits per heavy atom. The number of aryl methyl sites for hydroxylation is 2. The van der Waals surface area contributed by atoms with Crippen LogP contribution in [-0.2, 0) is 16.0 Å². The van der Waals surface area contributed by atoms with Gasteiger partial charge in [0.05, 0.1) is 5.92 Å². The number of hydrogen-bond donors (Lipinski definition) is 0. The second-order valence-electron chi connectivity index (χ2n) is 7.50. The molecule has 4 heteroatoms. The van der Waals surface area contributed by atoms with Gasteiger partial charge in [0, 0.05) is 18.7 Å². The van der Waals surface area contributed by atoms with Crippen LogP contribution in [0.3, 0.4) is 0 Å². The first kappa shape index (κ1) is 19.2. The molecule has 0 saturated carbocycles. The van der Waals surface area contributed by atoms with E-state index >= 15 is 0 Å². The summed E-state index contributed by atoms with van der Waals surface area (Å²) in [6.07, 6.45) is 1.04. The molecule has 0 aliphatic carbocycles.